The molecule has 1 aliphatic heterocycles. The number of nitrogens with zero attached hydrogens (tertiary/aromatic N) is 3. The molecule has 1 atom stereocenters. The highest BCUT2D eigenvalue weighted by Gasteiger charge is 2.33. The zero-order valence-corrected chi connectivity index (χ0v) is 24.3. The Labute approximate surface area is 233 Å². The van der Waals surface area contributed by atoms with Crippen molar-refractivity contribution >= 4 is 39.3 Å². The van der Waals surface area contributed by atoms with Gasteiger partial charge in [0.05, 0.1) is 28.5 Å². The van der Waals surface area contributed by atoms with Gasteiger partial charge in [-0.25, -0.2) is 9.79 Å². The molecular weight excluding hydrogens is 562 g/mol. The Morgan fingerprint density at radius 1 is 1.08 bits per heavy atom. The molecule has 2 aromatic carbocycles. The number of halogens is 1. The lowest BCUT2D eigenvalue weighted by atomic mass is 9.95. The molecule has 0 radical (unpaired) electrons. The molecule has 0 N–H and O–H groups in total. The molecule has 1 aliphatic rings. The summed E-state index contributed by atoms with van der Waals surface area (Å²) in [5, 5.41) is 0. The number of benzene rings is 2. The van der Waals surface area contributed by atoms with Gasteiger partial charge < -0.3 is 9.30 Å². The second-order valence-corrected chi connectivity index (χ2v) is 11.3. The first-order valence-corrected chi connectivity index (χ1v) is 14.0. The molecule has 0 bridgehead atoms. The summed E-state index contributed by atoms with van der Waals surface area (Å²) in [6.45, 7) is 9.93. The molecule has 0 saturated carbocycles. The first-order chi connectivity index (χ1) is 18.2. The maximum atomic E-state index is 13.9. The summed E-state index contributed by atoms with van der Waals surface area (Å²) in [6, 6.07) is 17.5. The Hall–Kier alpha value is -3.49. The molecule has 194 valence electrons. The molecule has 8 heteroatoms. The molecule has 0 aliphatic carbocycles. The summed E-state index contributed by atoms with van der Waals surface area (Å²) in [5.74, 6) is -0.452. The Balaban J connectivity index is 1.68. The van der Waals surface area contributed by atoms with E-state index < -0.39 is 12.0 Å². The van der Waals surface area contributed by atoms with E-state index in [2.05, 4.69) is 57.5 Å². The van der Waals surface area contributed by atoms with Gasteiger partial charge in [0.15, 0.2) is 4.80 Å². The number of carbonyl (C=O) groups excluding carboxylic acids is 1. The largest absolute Gasteiger partial charge is 0.463 e. The van der Waals surface area contributed by atoms with Gasteiger partial charge in [0.25, 0.3) is 5.56 Å². The predicted octanol–water partition coefficient (Wildman–Crippen LogP) is 5.28. The van der Waals surface area contributed by atoms with Gasteiger partial charge in [-0.2, -0.15) is 0 Å². The standard InChI is InChI=1S/C30H28BrN3O3S/c1-6-37-29(36)26-19(4)32-30-34(27(26)21-9-7-17(2)8-10-21)28(35)25(38-30)16-22-15-18(3)33(20(22)5)24-13-11-23(31)12-14-24/h7-16,27H,6H2,1-5H3/b25-16-/t27-/m0/s1. The molecule has 0 spiro atoms. The average Bonchev–Trinajstić information content (AvgIpc) is 3.34. The molecular formula is C30H28BrN3O3S. The van der Waals surface area contributed by atoms with Crippen molar-refractivity contribution in [3.8, 4) is 5.69 Å². The molecule has 3 heterocycles. The van der Waals surface area contributed by atoms with Crippen molar-refractivity contribution in [1.82, 2.24) is 9.13 Å². The number of allylic oxidation sites excluding steroid dienone is 1. The fourth-order valence-electron chi connectivity index (χ4n) is 4.92. The lowest BCUT2D eigenvalue weighted by Gasteiger charge is -2.24. The number of hydrogen-bond acceptors (Lipinski definition) is 5. The molecule has 38 heavy (non-hydrogen) atoms. The number of thiazole rings is 1. The quantitative estimate of drug-likeness (QED) is 0.298. The van der Waals surface area contributed by atoms with Crippen LogP contribution in [0.15, 0.2) is 80.1 Å². The van der Waals surface area contributed by atoms with Crippen LogP contribution in [0.5, 0.6) is 0 Å². The number of hydrogen-bond donors (Lipinski definition) is 0. The smallest absolute Gasteiger partial charge is 0.338 e. The molecule has 0 saturated heterocycles. The Kier molecular flexibility index (Phi) is 7.11. The average molecular weight is 591 g/mol. The van der Waals surface area contributed by atoms with E-state index in [4.69, 9.17) is 4.74 Å². The summed E-state index contributed by atoms with van der Waals surface area (Å²) in [6.07, 6.45) is 1.93. The summed E-state index contributed by atoms with van der Waals surface area (Å²) >= 11 is 4.84. The van der Waals surface area contributed by atoms with Crippen molar-refractivity contribution in [3.05, 3.63) is 118 Å². The molecule has 0 amide bonds. The van der Waals surface area contributed by atoms with E-state index in [-0.39, 0.29) is 12.2 Å². The monoisotopic (exact) mass is 589 g/mol. The number of carbonyl (C=O) groups is 1. The molecule has 0 fully saturated rings. The van der Waals surface area contributed by atoms with Gasteiger partial charge in [-0.3, -0.25) is 9.36 Å². The maximum Gasteiger partial charge on any atom is 0.338 e. The third kappa shape index (κ3) is 4.63. The SMILES string of the molecule is CCOC(=O)C1=C(C)N=c2s/c(=C\c3cc(C)n(-c4ccc(Br)cc4)c3C)c(=O)n2[C@H]1c1ccc(C)cc1. The molecule has 5 rings (SSSR count). The minimum absolute atomic E-state index is 0.179. The van der Waals surface area contributed by atoms with Crippen LogP contribution in [0.1, 0.15) is 48.0 Å². The maximum absolute atomic E-state index is 13.9. The van der Waals surface area contributed by atoms with Crippen molar-refractivity contribution in [2.75, 3.05) is 6.61 Å². The van der Waals surface area contributed by atoms with Crippen LogP contribution < -0.4 is 14.9 Å². The van der Waals surface area contributed by atoms with Gasteiger partial charge in [-0.15, -0.1) is 0 Å². The number of aromatic nitrogens is 2. The summed E-state index contributed by atoms with van der Waals surface area (Å²) in [4.78, 5) is 32.2. The first-order valence-electron chi connectivity index (χ1n) is 12.4. The molecule has 2 aromatic heterocycles. The van der Waals surface area contributed by atoms with E-state index in [1.54, 1.807) is 18.4 Å². The zero-order valence-electron chi connectivity index (χ0n) is 21.9. The van der Waals surface area contributed by atoms with Crippen LogP contribution in [0.2, 0.25) is 0 Å². The van der Waals surface area contributed by atoms with E-state index in [1.165, 1.54) is 11.3 Å². The normalized spacial score (nSPS) is 15.4. The van der Waals surface area contributed by atoms with Crippen molar-refractivity contribution in [3.63, 3.8) is 0 Å². The lowest BCUT2D eigenvalue weighted by molar-refractivity contribution is -0.139. The van der Waals surface area contributed by atoms with Gasteiger partial charge in [-0.1, -0.05) is 57.1 Å². The number of aryl methyl sites for hydroxylation is 2. The van der Waals surface area contributed by atoms with E-state index >= 15 is 0 Å². The molecule has 6 nitrogen and oxygen atoms in total. The third-order valence-corrected chi connectivity index (χ3v) is 8.26. The number of fused-ring (bicyclic) bond motifs is 1. The lowest BCUT2D eigenvalue weighted by Crippen LogP contribution is -2.39. The van der Waals surface area contributed by atoms with Crippen molar-refractivity contribution in [1.29, 1.82) is 0 Å². The predicted molar refractivity (Wildman–Crippen MR) is 155 cm³/mol. The van der Waals surface area contributed by atoms with Gasteiger partial charge in [0.2, 0.25) is 0 Å². The summed E-state index contributed by atoms with van der Waals surface area (Å²) in [7, 11) is 0. The Morgan fingerprint density at radius 2 is 1.76 bits per heavy atom. The Bertz CT molecular complexity index is 1760. The van der Waals surface area contributed by atoms with Crippen LogP contribution in [0, 0.1) is 20.8 Å². The van der Waals surface area contributed by atoms with Crippen LogP contribution in [-0.4, -0.2) is 21.7 Å². The third-order valence-electron chi connectivity index (χ3n) is 6.75. The topological polar surface area (TPSA) is 65.6 Å². The number of esters is 1. The fraction of sp³-hybridized carbons (Fsp3) is 0.233. The Morgan fingerprint density at radius 3 is 2.42 bits per heavy atom. The van der Waals surface area contributed by atoms with Gasteiger partial charge in [0, 0.05) is 21.5 Å². The van der Waals surface area contributed by atoms with Gasteiger partial charge in [-0.05, 0) is 82.2 Å². The van der Waals surface area contributed by atoms with Crippen LogP contribution in [0.25, 0.3) is 11.8 Å². The van der Waals surface area contributed by atoms with Crippen LogP contribution in [-0.2, 0) is 9.53 Å². The summed E-state index contributed by atoms with van der Waals surface area (Å²) in [5.41, 5.74) is 6.84. The number of ether oxygens (including phenoxy) is 1. The second kappa shape index (κ2) is 10.3. The van der Waals surface area contributed by atoms with Crippen molar-refractivity contribution in [2.45, 2.75) is 40.7 Å². The van der Waals surface area contributed by atoms with E-state index in [9.17, 15) is 9.59 Å². The first kappa shape index (κ1) is 26.1. The van der Waals surface area contributed by atoms with E-state index in [0.29, 0.717) is 20.6 Å². The minimum atomic E-state index is -0.608. The van der Waals surface area contributed by atoms with Crippen LogP contribution in [0.3, 0.4) is 0 Å². The number of rotatable bonds is 5. The van der Waals surface area contributed by atoms with Crippen molar-refractivity contribution in [2.24, 2.45) is 4.99 Å². The van der Waals surface area contributed by atoms with E-state index in [1.807, 2.05) is 49.4 Å². The van der Waals surface area contributed by atoms with Crippen LogP contribution in [0.4, 0.5) is 0 Å². The molecule has 0 unspecified atom stereocenters. The molecule has 4 aromatic rings. The highest BCUT2D eigenvalue weighted by Crippen LogP contribution is 2.31. The second-order valence-electron chi connectivity index (χ2n) is 9.35. The highest BCUT2D eigenvalue weighted by molar-refractivity contribution is 9.10. The van der Waals surface area contributed by atoms with Gasteiger partial charge in [0.1, 0.15) is 0 Å². The highest BCUT2D eigenvalue weighted by atomic mass is 79.9. The van der Waals surface area contributed by atoms with Crippen molar-refractivity contribution < 1.29 is 9.53 Å². The van der Waals surface area contributed by atoms with Gasteiger partial charge >= 0.3 is 5.97 Å². The van der Waals surface area contributed by atoms with Crippen LogP contribution >= 0.6 is 27.3 Å². The minimum Gasteiger partial charge on any atom is -0.463 e. The van der Waals surface area contributed by atoms with E-state index in [0.717, 1.165) is 38.2 Å². The zero-order chi connectivity index (χ0) is 27.1. The summed E-state index contributed by atoms with van der Waals surface area (Å²) < 4.78 is 10.8. The fourth-order valence-corrected chi connectivity index (χ4v) is 6.22.